The lowest BCUT2D eigenvalue weighted by atomic mass is 10.2. The van der Waals surface area contributed by atoms with E-state index in [0.717, 1.165) is 10.2 Å². The van der Waals surface area contributed by atoms with Gasteiger partial charge >= 0.3 is 0 Å². The van der Waals surface area contributed by atoms with E-state index in [1.54, 1.807) is 6.92 Å². The summed E-state index contributed by atoms with van der Waals surface area (Å²) in [4.78, 5) is 1.94. The highest BCUT2D eigenvalue weighted by molar-refractivity contribution is 9.10. The van der Waals surface area contributed by atoms with Crippen molar-refractivity contribution in [1.82, 2.24) is 0 Å². The maximum absolute atomic E-state index is 9.25. The molecule has 1 unspecified atom stereocenters. The van der Waals surface area contributed by atoms with Crippen LogP contribution in [0.1, 0.15) is 6.92 Å². The second-order valence-electron chi connectivity index (χ2n) is 3.40. The molecule has 0 aliphatic carbocycles. The molecule has 3 N–H and O–H groups in total. The summed E-state index contributed by atoms with van der Waals surface area (Å²) in [6.07, 6.45) is -0.363. The average Bonchev–Trinajstić information content (AvgIpc) is 2.08. The maximum Gasteiger partial charge on any atom is 0.0696 e. The van der Waals surface area contributed by atoms with Crippen LogP contribution in [-0.2, 0) is 0 Å². The molecule has 0 aliphatic rings. The molecule has 0 bridgehead atoms. The van der Waals surface area contributed by atoms with Crippen molar-refractivity contribution in [3.63, 3.8) is 0 Å². The van der Waals surface area contributed by atoms with Gasteiger partial charge in [0.05, 0.1) is 17.5 Å². The third-order valence-electron chi connectivity index (χ3n) is 1.98. The van der Waals surface area contributed by atoms with E-state index in [1.807, 2.05) is 30.1 Å². The van der Waals surface area contributed by atoms with Gasteiger partial charge < -0.3 is 15.7 Å². The van der Waals surface area contributed by atoms with E-state index in [1.165, 1.54) is 0 Å². The smallest absolute Gasteiger partial charge is 0.0696 e. The molecule has 0 saturated heterocycles. The summed E-state index contributed by atoms with van der Waals surface area (Å²) in [7, 11) is 1.91. The number of anilines is 2. The topological polar surface area (TPSA) is 49.5 Å². The number of hydrogen-bond donors (Lipinski definition) is 2. The molecule has 0 aromatic heterocycles. The molecule has 4 heteroatoms. The van der Waals surface area contributed by atoms with Crippen LogP contribution in [0, 0.1) is 0 Å². The fourth-order valence-corrected chi connectivity index (χ4v) is 1.71. The normalized spacial score (nSPS) is 12.6. The van der Waals surface area contributed by atoms with Gasteiger partial charge in [-0.1, -0.05) is 6.07 Å². The van der Waals surface area contributed by atoms with Gasteiger partial charge in [0.25, 0.3) is 0 Å². The van der Waals surface area contributed by atoms with Crippen molar-refractivity contribution >= 4 is 27.3 Å². The van der Waals surface area contributed by atoms with Crippen molar-refractivity contribution in [1.29, 1.82) is 0 Å². The third kappa shape index (κ3) is 2.62. The van der Waals surface area contributed by atoms with Gasteiger partial charge in [-0.2, -0.15) is 0 Å². The zero-order chi connectivity index (χ0) is 10.7. The Morgan fingerprint density at radius 3 is 2.79 bits per heavy atom. The predicted octanol–water partition coefficient (Wildman–Crippen LogP) is 1.85. The van der Waals surface area contributed by atoms with Crippen molar-refractivity contribution in [2.24, 2.45) is 0 Å². The number of benzene rings is 1. The van der Waals surface area contributed by atoms with Crippen LogP contribution in [0.25, 0.3) is 0 Å². The number of para-hydroxylation sites is 1. The SMILES string of the molecule is CC(O)CN(C)c1cccc(Br)c1N. The summed E-state index contributed by atoms with van der Waals surface area (Å²) in [5.74, 6) is 0. The zero-order valence-corrected chi connectivity index (χ0v) is 9.95. The Hall–Kier alpha value is -0.740. The van der Waals surface area contributed by atoms with Crippen LogP contribution in [0.3, 0.4) is 0 Å². The number of nitrogens with two attached hydrogens (primary N) is 1. The molecule has 0 heterocycles. The van der Waals surface area contributed by atoms with Gasteiger partial charge in [0.2, 0.25) is 0 Å². The first kappa shape index (κ1) is 11.3. The van der Waals surface area contributed by atoms with Crippen LogP contribution < -0.4 is 10.6 Å². The molecule has 1 aromatic carbocycles. The summed E-state index contributed by atoms with van der Waals surface area (Å²) in [5.41, 5.74) is 7.52. The molecule has 0 fully saturated rings. The van der Waals surface area contributed by atoms with Crippen molar-refractivity contribution in [3.8, 4) is 0 Å². The number of hydrogen-bond acceptors (Lipinski definition) is 3. The third-order valence-corrected chi connectivity index (χ3v) is 2.67. The Labute approximate surface area is 92.7 Å². The molecule has 0 spiro atoms. The molecule has 1 atom stereocenters. The number of halogens is 1. The van der Waals surface area contributed by atoms with Gasteiger partial charge in [0, 0.05) is 18.1 Å². The lowest BCUT2D eigenvalue weighted by Gasteiger charge is -2.22. The Kier molecular flexibility index (Phi) is 3.77. The van der Waals surface area contributed by atoms with Crippen LogP contribution in [0.15, 0.2) is 22.7 Å². The highest BCUT2D eigenvalue weighted by Gasteiger charge is 2.08. The molecular weight excluding hydrogens is 244 g/mol. The minimum Gasteiger partial charge on any atom is -0.396 e. The zero-order valence-electron chi connectivity index (χ0n) is 8.37. The van der Waals surface area contributed by atoms with Crippen LogP contribution in [0.4, 0.5) is 11.4 Å². The van der Waals surface area contributed by atoms with E-state index in [-0.39, 0.29) is 6.10 Å². The van der Waals surface area contributed by atoms with Crippen LogP contribution in [0.5, 0.6) is 0 Å². The van der Waals surface area contributed by atoms with Gasteiger partial charge in [-0.05, 0) is 35.0 Å². The quantitative estimate of drug-likeness (QED) is 0.814. The second kappa shape index (κ2) is 4.66. The minimum atomic E-state index is -0.363. The van der Waals surface area contributed by atoms with Gasteiger partial charge in [-0.15, -0.1) is 0 Å². The van der Waals surface area contributed by atoms with E-state index >= 15 is 0 Å². The Morgan fingerprint density at radius 1 is 1.57 bits per heavy atom. The maximum atomic E-state index is 9.25. The van der Waals surface area contributed by atoms with Crippen molar-refractivity contribution in [3.05, 3.63) is 22.7 Å². The standard InChI is InChI=1S/C10H15BrN2O/c1-7(14)6-13(2)9-5-3-4-8(11)10(9)12/h3-5,7,14H,6,12H2,1-2H3. The van der Waals surface area contributed by atoms with E-state index < -0.39 is 0 Å². The molecule has 3 nitrogen and oxygen atoms in total. The molecule has 0 saturated carbocycles. The summed E-state index contributed by atoms with van der Waals surface area (Å²) >= 11 is 3.37. The summed E-state index contributed by atoms with van der Waals surface area (Å²) in [5, 5.41) is 9.25. The largest absolute Gasteiger partial charge is 0.396 e. The molecule has 0 radical (unpaired) electrons. The molecule has 78 valence electrons. The van der Waals surface area contributed by atoms with Gasteiger partial charge in [-0.3, -0.25) is 0 Å². The van der Waals surface area contributed by atoms with Gasteiger partial charge in [0.15, 0.2) is 0 Å². The highest BCUT2D eigenvalue weighted by atomic mass is 79.9. The fraction of sp³-hybridized carbons (Fsp3) is 0.400. The van der Waals surface area contributed by atoms with Crippen molar-refractivity contribution < 1.29 is 5.11 Å². The molecule has 1 aromatic rings. The highest BCUT2D eigenvalue weighted by Crippen LogP contribution is 2.29. The lowest BCUT2D eigenvalue weighted by Crippen LogP contribution is -2.27. The number of likely N-dealkylation sites (N-methyl/N-ethyl adjacent to an activating group) is 1. The molecule has 0 aliphatic heterocycles. The minimum absolute atomic E-state index is 0.363. The second-order valence-corrected chi connectivity index (χ2v) is 4.26. The van der Waals surface area contributed by atoms with E-state index in [4.69, 9.17) is 5.73 Å². The number of rotatable bonds is 3. The number of nitrogens with zero attached hydrogens (tertiary/aromatic N) is 1. The number of aliphatic hydroxyl groups excluding tert-OH is 1. The fourth-order valence-electron chi connectivity index (χ4n) is 1.35. The summed E-state index contributed by atoms with van der Waals surface area (Å²) < 4.78 is 0.882. The molecule has 0 amide bonds. The first-order chi connectivity index (χ1) is 6.52. The van der Waals surface area contributed by atoms with Crippen LogP contribution >= 0.6 is 15.9 Å². The first-order valence-corrected chi connectivity index (χ1v) is 5.25. The van der Waals surface area contributed by atoms with Crippen molar-refractivity contribution in [2.75, 3.05) is 24.2 Å². The first-order valence-electron chi connectivity index (χ1n) is 4.45. The molecule has 14 heavy (non-hydrogen) atoms. The molecular formula is C10H15BrN2O. The van der Waals surface area contributed by atoms with E-state index in [0.29, 0.717) is 12.2 Å². The van der Waals surface area contributed by atoms with Crippen LogP contribution in [-0.4, -0.2) is 24.8 Å². The van der Waals surface area contributed by atoms with Gasteiger partial charge in [-0.25, -0.2) is 0 Å². The van der Waals surface area contributed by atoms with E-state index in [9.17, 15) is 5.11 Å². The van der Waals surface area contributed by atoms with E-state index in [2.05, 4.69) is 15.9 Å². The predicted molar refractivity (Wildman–Crippen MR) is 63.5 cm³/mol. The van der Waals surface area contributed by atoms with Gasteiger partial charge in [0.1, 0.15) is 0 Å². The number of aliphatic hydroxyl groups is 1. The van der Waals surface area contributed by atoms with Crippen molar-refractivity contribution in [2.45, 2.75) is 13.0 Å². The lowest BCUT2D eigenvalue weighted by molar-refractivity contribution is 0.201. The average molecular weight is 259 g/mol. The Bertz CT molecular complexity index is 315. The summed E-state index contributed by atoms with van der Waals surface area (Å²) in [6.45, 7) is 2.32. The Morgan fingerprint density at radius 2 is 2.21 bits per heavy atom. The monoisotopic (exact) mass is 258 g/mol. The summed E-state index contributed by atoms with van der Waals surface area (Å²) in [6, 6.07) is 5.76. The number of nitrogen functional groups attached to an aromatic ring is 1. The molecule has 1 rings (SSSR count). The Balaban J connectivity index is 2.89. The van der Waals surface area contributed by atoms with Crippen LogP contribution in [0.2, 0.25) is 0 Å².